The van der Waals surface area contributed by atoms with E-state index in [4.69, 9.17) is 0 Å². The minimum Gasteiger partial charge on any atom is -0.305 e. The molecular formula is C14H28N2O. The molecule has 1 heterocycles. The van der Waals surface area contributed by atoms with Crippen molar-refractivity contribution >= 4 is 5.78 Å². The van der Waals surface area contributed by atoms with Gasteiger partial charge < -0.3 is 9.80 Å². The molecule has 1 fully saturated rings. The predicted molar refractivity (Wildman–Crippen MR) is 72.2 cm³/mol. The highest BCUT2D eigenvalue weighted by atomic mass is 16.1. The normalized spacial score (nSPS) is 26.8. The molecule has 3 heteroatoms. The quantitative estimate of drug-likeness (QED) is 0.749. The smallest absolute Gasteiger partial charge is 0.139 e. The van der Waals surface area contributed by atoms with Gasteiger partial charge in [-0.2, -0.15) is 0 Å². The topological polar surface area (TPSA) is 23.6 Å². The number of carbonyl (C=O) groups is 1. The lowest BCUT2D eigenvalue weighted by Gasteiger charge is -2.23. The van der Waals surface area contributed by atoms with Gasteiger partial charge in [0.1, 0.15) is 5.78 Å². The van der Waals surface area contributed by atoms with Crippen LogP contribution in [0.3, 0.4) is 0 Å². The fourth-order valence-corrected chi connectivity index (χ4v) is 2.54. The Kier molecular flexibility index (Phi) is 4.73. The molecule has 1 aliphatic heterocycles. The molecule has 1 saturated heterocycles. The van der Waals surface area contributed by atoms with Gasteiger partial charge in [-0.25, -0.2) is 0 Å². The molecule has 0 aromatic heterocycles. The van der Waals surface area contributed by atoms with Crippen molar-refractivity contribution in [1.82, 2.24) is 9.80 Å². The van der Waals surface area contributed by atoms with E-state index in [0.29, 0.717) is 24.2 Å². The Labute approximate surface area is 106 Å². The van der Waals surface area contributed by atoms with Crippen LogP contribution >= 0.6 is 0 Å². The van der Waals surface area contributed by atoms with Gasteiger partial charge in [0, 0.05) is 37.5 Å². The molecule has 0 aromatic carbocycles. The second-order valence-corrected chi connectivity index (χ2v) is 6.69. The van der Waals surface area contributed by atoms with Crippen LogP contribution in [0.1, 0.15) is 34.1 Å². The van der Waals surface area contributed by atoms with Crippen molar-refractivity contribution < 1.29 is 4.79 Å². The first-order valence-electron chi connectivity index (χ1n) is 6.64. The van der Waals surface area contributed by atoms with Gasteiger partial charge in [-0.05, 0) is 20.0 Å². The molecule has 0 saturated carbocycles. The molecule has 3 nitrogen and oxygen atoms in total. The van der Waals surface area contributed by atoms with Crippen molar-refractivity contribution in [3.8, 4) is 0 Å². The molecule has 100 valence electrons. The van der Waals surface area contributed by atoms with E-state index in [-0.39, 0.29) is 5.41 Å². The Morgan fingerprint density at radius 3 is 2.29 bits per heavy atom. The largest absolute Gasteiger partial charge is 0.305 e. The van der Waals surface area contributed by atoms with E-state index < -0.39 is 0 Å². The first-order chi connectivity index (χ1) is 7.71. The van der Waals surface area contributed by atoms with E-state index in [1.165, 1.54) is 0 Å². The van der Waals surface area contributed by atoms with Crippen molar-refractivity contribution in [3.63, 3.8) is 0 Å². The molecule has 0 aromatic rings. The van der Waals surface area contributed by atoms with E-state index in [2.05, 4.69) is 30.8 Å². The first-order valence-corrected chi connectivity index (χ1v) is 6.64. The van der Waals surface area contributed by atoms with E-state index >= 15 is 0 Å². The number of hydrogen-bond acceptors (Lipinski definition) is 3. The number of likely N-dealkylation sites (tertiary alicyclic amines) is 1. The van der Waals surface area contributed by atoms with Crippen LogP contribution in [-0.4, -0.2) is 55.4 Å². The highest BCUT2D eigenvalue weighted by molar-refractivity contribution is 5.83. The summed E-state index contributed by atoms with van der Waals surface area (Å²) in [6.45, 7) is 11.5. The standard InChI is InChI=1S/C14H28N2O/c1-11-9-16(10-12(11)15(5)6)8-7-13(17)14(2,3)4/h11-12H,7-10H2,1-6H3. The summed E-state index contributed by atoms with van der Waals surface area (Å²) in [7, 11) is 4.29. The molecule has 0 aliphatic carbocycles. The summed E-state index contributed by atoms with van der Waals surface area (Å²) in [6.07, 6.45) is 0.691. The molecule has 0 amide bonds. The average Bonchev–Trinajstić information content (AvgIpc) is 2.54. The first kappa shape index (κ1) is 14.7. The summed E-state index contributed by atoms with van der Waals surface area (Å²) in [5, 5.41) is 0. The predicted octanol–water partition coefficient (Wildman–Crippen LogP) is 1.87. The van der Waals surface area contributed by atoms with Crippen molar-refractivity contribution in [2.45, 2.75) is 40.2 Å². The number of nitrogens with zero attached hydrogens (tertiary/aromatic N) is 2. The van der Waals surface area contributed by atoms with E-state index in [9.17, 15) is 4.79 Å². The van der Waals surface area contributed by atoms with Crippen molar-refractivity contribution in [2.24, 2.45) is 11.3 Å². The van der Waals surface area contributed by atoms with Crippen molar-refractivity contribution in [3.05, 3.63) is 0 Å². The number of carbonyl (C=O) groups excluding carboxylic acids is 1. The van der Waals surface area contributed by atoms with Gasteiger partial charge in [-0.1, -0.05) is 27.7 Å². The van der Waals surface area contributed by atoms with Crippen LogP contribution < -0.4 is 0 Å². The second-order valence-electron chi connectivity index (χ2n) is 6.69. The zero-order valence-corrected chi connectivity index (χ0v) is 12.3. The number of ketones is 1. The van der Waals surface area contributed by atoms with Gasteiger partial charge in [0.15, 0.2) is 0 Å². The van der Waals surface area contributed by atoms with Gasteiger partial charge in [0.05, 0.1) is 0 Å². The Bertz CT molecular complexity index is 268. The number of hydrogen-bond donors (Lipinski definition) is 0. The minimum atomic E-state index is -0.188. The molecule has 1 aliphatic rings. The third kappa shape index (κ3) is 4.07. The van der Waals surface area contributed by atoms with Crippen LogP contribution in [0.5, 0.6) is 0 Å². The average molecular weight is 240 g/mol. The third-order valence-corrected chi connectivity index (χ3v) is 3.80. The maximum Gasteiger partial charge on any atom is 0.139 e. The Morgan fingerprint density at radius 1 is 1.29 bits per heavy atom. The third-order valence-electron chi connectivity index (χ3n) is 3.80. The molecule has 17 heavy (non-hydrogen) atoms. The summed E-state index contributed by atoms with van der Waals surface area (Å²) in [5.74, 6) is 1.08. The zero-order valence-electron chi connectivity index (χ0n) is 12.3. The van der Waals surface area contributed by atoms with Crippen LogP contribution in [0.15, 0.2) is 0 Å². The summed E-state index contributed by atoms with van der Waals surface area (Å²) < 4.78 is 0. The van der Waals surface area contributed by atoms with Gasteiger partial charge in [0.2, 0.25) is 0 Å². The van der Waals surface area contributed by atoms with Gasteiger partial charge in [-0.3, -0.25) is 4.79 Å². The van der Waals surface area contributed by atoms with Crippen LogP contribution in [0.4, 0.5) is 0 Å². The maximum atomic E-state index is 11.9. The molecule has 2 unspecified atom stereocenters. The van der Waals surface area contributed by atoms with E-state index in [1.54, 1.807) is 0 Å². The molecule has 2 atom stereocenters. The lowest BCUT2D eigenvalue weighted by Crippen LogP contribution is -2.35. The van der Waals surface area contributed by atoms with Crippen molar-refractivity contribution in [2.75, 3.05) is 33.7 Å². The maximum absolute atomic E-state index is 11.9. The fraction of sp³-hybridized carbons (Fsp3) is 0.929. The SMILES string of the molecule is CC1CN(CCC(=O)C(C)(C)C)CC1N(C)C. The van der Waals surface area contributed by atoms with Crippen molar-refractivity contribution in [1.29, 1.82) is 0 Å². The molecule has 1 rings (SSSR count). The molecule has 0 N–H and O–H groups in total. The zero-order chi connectivity index (χ0) is 13.2. The monoisotopic (exact) mass is 240 g/mol. The van der Waals surface area contributed by atoms with Gasteiger partial charge in [-0.15, -0.1) is 0 Å². The highest BCUT2D eigenvalue weighted by Crippen LogP contribution is 2.22. The fourth-order valence-electron chi connectivity index (χ4n) is 2.54. The number of rotatable bonds is 4. The summed E-state index contributed by atoms with van der Waals surface area (Å²) in [4.78, 5) is 16.6. The second kappa shape index (κ2) is 5.49. The van der Waals surface area contributed by atoms with E-state index in [0.717, 1.165) is 19.6 Å². The lowest BCUT2D eigenvalue weighted by atomic mass is 9.89. The highest BCUT2D eigenvalue weighted by Gasteiger charge is 2.31. The Hall–Kier alpha value is -0.410. The van der Waals surface area contributed by atoms with Crippen LogP contribution in [0.25, 0.3) is 0 Å². The number of Topliss-reactive ketones (excluding diaryl/α,β-unsaturated/α-hetero) is 1. The lowest BCUT2D eigenvalue weighted by molar-refractivity contribution is -0.126. The van der Waals surface area contributed by atoms with Crippen LogP contribution in [0.2, 0.25) is 0 Å². The summed E-state index contributed by atoms with van der Waals surface area (Å²) in [6, 6.07) is 0.639. The summed E-state index contributed by atoms with van der Waals surface area (Å²) >= 11 is 0. The minimum absolute atomic E-state index is 0.188. The number of likely N-dealkylation sites (N-methyl/N-ethyl adjacent to an activating group) is 1. The van der Waals surface area contributed by atoms with Gasteiger partial charge >= 0.3 is 0 Å². The Balaban J connectivity index is 2.38. The summed E-state index contributed by atoms with van der Waals surface area (Å²) in [5.41, 5.74) is -0.188. The van der Waals surface area contributed by atoms with Crippen LogP contribution in [-0.2, 0) is 4.79 Å². The molecule has 0 spiro atoms. The van der Waals surface area contributed by atoms with E-state index in [1.807, 2.05) is 20.8 Å². The van der Waals surface area contributed by atoms with Crippen LogP contribution in [0, 0.1) is 11.3 Å². The molecular weight excluding hydrogens is 212 g/mol. The molecule has 0 radical (unpaired) electrons. The molecule has 0 bridgehead atoms. The van der Waals surface area contributed by atoms with Gasteiger partial charge in [0.25, 0.3) is 0 Å². The Morgan fingerprint density at radius 2 is 1.88 bits per heavy atom.